The number of amides is 1. The first kappa shape index (κ1) is 11.8. The van der Waals surface area contributed by atoms with E-state index < -0.39 is 5.91 Å². The van der Waals surface area contributed by atoms with Gasteiger partial charge in [-0.25, -0.2) is 4.98 Å². The van der Waals surface area contributed by atoms with E-state index in [1.54, 1.807) is 12.1 Å². The minimum atomic E-state index is -0.399. The average molecular weight is 268 g/mol. The van der Waals surface area contributed by atoms with E-state index in [0.717, 1.165) is 0 Å². The molecular formula is C11H7Cl2N3O. The van der Waals surface area contributed by atoms with Gasteiger partial charge in [-0.05, 0) is 18.2 Å². The number of aromatic nitrogens is 2. The molecule has 2 aromatic heterocycles. The summed E-state index contributed by atoms with van der Waals surface area (Å²) in [5.74, 6) is -0.109. The number of anilines is 1. The summed E-state index contributed by atoms with van der Waals surface area (Å²) in [6.07, 6.45) is 4.42. The van der Waals surface area contributed by atoms with Crippen molar-refractivity contribution in [3.8, 4) is 0 Å². The van der Waals surface area contributed by atoms with Crippen molar-refractivity contribution in [3.63, 3.8) is 0 Å². The maximum atomic E-state index is 11.9. The highest BCUT2D eigenvalue weighted by molar-refractivity contribution is 6.35. The van der Waals surface area contributed by atoms with E-state index in [1.807, 2.05) is 0 Å². The number of halogens is 2. The minimum Gasteiger partial charge on any atom is -0.305 e. The number of carbonyl (C=O) groups excluding carboxylic acids is 1. The Balaban J connectivity index is 2.24. The maximum Gasteiger partial charge on any atom is 0.259 e. The van der Waals surface area contributed by atoms with Crippen molar-refractivity contribution in [1.29, 1.82) is 0 Å². The lowest BCUT2D eigenvalue weighted by Crippen LogP contribution is -2.14. The predicted molar refractivity (Wildman–Crippen MR) is 66.4 cm³/mol. The molecule has 0 radical (unpaired) electrons. The molecule has 0 fully saturated rings. The highest BCUT2D eigenvalue weighted by Gasteiger charge is 2.12. The molecule has 0 saturated heterocycles. The maximum absolute atomic E-state index is 11.9. The second-order valence-corrected chi connectivity index (χ2v) is 3.96. The Morgan fingerprint density at radius 1 is 1.18 bits per heavy atom. The van der Waals surface area contributed by atoms with Crippen LogP contribution in [-0.4, -0.2) is 15.9 Å². The van der Waals surface area contributed by atoms with E-state index in [9.17, 15) is 4.79 Å². The lowest BCUT2D eigenvalue weighted by Gasteiger charge is -2.06. The van der Waals surface area contributed by atoms with Gasteiger partial charge in [0.15, 0.2) is 5.82 Å². The largest absolute Gasteiger partial charge is 0.305 e. The van der Waals surface area contributed by atoms with Crippen LogP contribution in [0.1, 0.15) is 10.4 Å². The number of rotatable bonds is 2. The van der Waals surface area contributed by atoms with Crippen molar-refractivity contribution >= 4 is 34.9 Å². The van der Waals surface area contributed by atoms with Gasteiger partial charge in [0.05, 0.1) is 15.6 Å². The summed E-state index contributed by atoms with van der Waals surface area (Å²) in [7, 11) is 0. The van der Waals surface area contributed by atoms with Crippen LogP contribution >= 0.6 is 23.2 Å². The summed E-state index contributed by atoms with van der Waals surface area (Å²) >= 11 is 11.7. The fraction of sp³-hybridized carbons (Fsp3) is 0. The number of hydrogen-bond acceptors (Lipinski definition) is 3. The van der Waals surface area contributed by atoms with Crippen LogP contribution in [0.5, 0.6) is 0 Å². The molecule has 2 heterocycles. The van der Waals surface area contributed by atoms with Gasteiger partial charge in [0, 0.05) is 18.6 Å². The Morgan fingerprint density at radius 2 is 2.00 bits per heavy atom. The summed E-state index contributed by atoms with van der Waals surface area (Å²) in [5, 5.41) is 3.25. The third-order valence-electron chi connectivity index (χ3n) is 2.00. The number of hydrogen-bond donors (Lipinski definition) is 1. The van der Waals surface area contributed by atoms with Crippen molar-refractivity contribution < 1.29 is 4.79 Å². The van der Waals surface area contributed by atoms with Crippen molar-refractivity contribution in [2.45, 2.75) is 0 Å². The van der Waals surface area contributed by atoms with Crippen LogP contribution in [-0.2, 0) is 0 Å². The fourth-order valence-electron chi connectivity index (χ4n) is 1.20. The zero-order valence-electron chi connectivity index (χ0n) is 8.52. The minimum absolute atomic E-state index is 0.274. The van der Waals surface area contributed by atoms with Gasteiger partial charge in [-0.1, -0.05) is 23.2 Å². The van der Waals surface area contributed by atoms with Crippen LogP contribution in [0.3, 0.4) is 0 Å². The SMILES string of the molecule is O=C(Nc1ncccc1Cl)c1cnccc1Cl. The van der Waals surface area contributed by atoms with Gasteiger partial charge >= 0.3 is 0 Å². The van der Waals surface area contributed by atoms with E-state index in [-0.39, 0.29) is 5.56 Å². The zero-order valence-corrected chi connectivity index (χ0v) is 10.0. The number of nitrogens with one attached hydrogen (secondary N) is 1. The molecule has 0 atom stereocenters. The molecule has 0 aliphatic rings. The lowest BCUT2D eigenvalue weighted by atomic mass is 10.2. The van der Waals surface area contributed by atoms with Crippen LogP contribution in [0.25, 0.3) is 0 Å². The van der Waals surface area contributed by atoms with E-state index in [1.165, 1.54) is 24.7 Å². The second-order valence-electron chi connectivity index (χ2n) is 3.14. The molecule has 17 heavy (non-hydrogen) atoms. The highest BCUT2D eigenvalue weighted by Crippen LogP contribution is 2.20. The van der Waals surface area contributed by atoms with Gasteiger partial charge < -0.3 is 5.32 Å². The zero-order chi connectivity index (χ0) is 12.3. The molecule has 0 aliphatic carbocycles. The summed E-state index contributed by atoms with van der Waals surface area (Å²) < 4.78 is 0. The Hall–Kier alpha value is -1.65. The Morgan fingerprint density at radius 3 is 2.71 bits per heavy atom. The van der Waals surface area contributed by atoms with E-state index in [2.05, 4.69) is 15.3 Å². The van der Waals surface area contributed by atoms with Gasteiger partial charge in [-0.2, -0.15) is 0 Å². The second kappa shape index (κ2) is 5.12. The van der Waals surface area contributed by atoms with Crippen molar-refractivity contribution in [1.82, 2.24) is 9.97 Å². The quantitative estimate of drug-likeness (QED) is 0.910. The lowest BCUT2D eigenvalue weighted by molar-refractivity contribution is 0.102. The third-order valence-corrected chi connectivity index (χ3v) is 2.64. The first-order chi connectivity index (χ1) is 8.18. The fourth-order valence-corrected chi connectivity index (χ4v) is 1.56. The number of nitrogens with zero attached hydrogens (tertiary/aromatic N) is 2. The summed E-state index contributed by atoms with van der Waals surface area (Å²) in [6, 6.07) is 4.85. The first-order valence-corrected chi connectivity index (χ1v) is 5.45. The topological polar surface area (TPSA) is 54.9 Å². The number of carbonyl (C=O) groups is 1. The van der Waals surface area contributed by atoms with Crippen LogP contribution in [0.2, 0.25) is 10.0 Å². The molecule has 0 bridgehead atoms. The van der Waals surface area contributed by atoms with Crippen molar-refractivity contribution in [2.75, 3.05) is 5.32 Å². The molecule has 0 saturated carbocycles. The molecule has 1 amide bonds. The molecule has 0 spiro atoms. The van der Waals surface area contributed by atoms with Crippen LogP contribution in [0, 0.1) is 0 Å². The van der Waals surface area contributed by atoms with Gasteiger partial charge in [0.2, 0.25) is 0 Å². The monoisotopic (exact) mass is 267 g/mol. The molecule has 2 aromatic rings. The van der Waals surface area contributed by atoms with Crippen LogP contribution < -0.4 is 5.32 Å². The third kappa shape index (κ3) is 2.72. The molecule has 0 unspecified atom stereocenters. The summed E-state index contributed by atoms with van der Waals surface area (Å²) in [4.78, 5) is 19.6. The smallest absolute Gasteiger partial charge is 0.259 e. The van der Waals surface area contributed by atoms with Crippen LogP contribution in [0.15, 0.2) is 36.8 Å². The number of pyridine rings is 2. The van der Waals surface area contributed by atoms with E-state index >= 15 is 0 Å². The summed E-state index contributed by atoms with van der Waals surface area (Å²) in [5.41, 5.74) is 0.274. The van der Waals surface area contributed by atoms with Crippen molar-refractivity contribution in [3.05, 3.63) is 52.4 Å². The Kier molecular flexibility index (Phi) is 3.56. The highest BCUT2D eigenvalue weighted by atomic mass is 35.5. The molecule has 1 N–H and O–H groups in total. The Bertz CT molecular complexity index is 560. The molecule has 6 heteroatoms. The molecule has 2 rings (SSSR count). The average Bonchev–Trinajstić information content (AvgIpc) is 2.32. The molecule has 0 aromatic carbocycles. The van der Waals surface area contributed by atoms with E-state index in [0.29, 0.717) is 15.9 Å². The van der Waals surface area contributed by atoms with Gasteiger partial charge in [-0.3, -0.25) is 9.78 Å². The molecule has 86 valence electrons. The summed E-state index contributed by atoms with van der Waals surface area (Å²) in [6.45, 7) is 0. The first-order valence-electron chi connectivity index (χ1n) is 4.70. The van der Waals surface area contributed by atoms with Crippen LogP contribution in [0.4, 0.5) is 5.82 Å². The van der Waals surface area contributed by atoms with E-state index in [4.69, 9.17) is 23.2 Å². The Labute approximate surface area is 108 Å². The normalized spacial score (nSPS) is 10.0. The van der Waals surface area contributed by atoms with Gasteiger partial charge in [0.25, 0.3) is 5.91 Å². The van der Waals surface area contributed by atoms with Gasteiger partial charge in [-0.15, -0.1) is 0 Å². The van der Waals surface area contributed by atoms with Crippen molar-refractivity contribution in [2.24, 2.45) is 0 Å². The molecule has 0 aliphatic heterocycles. The predicted octanol–water partition coefficient (Wildman–Crippen LogP) is 3.04. The van der Waals surface area contributed by atoms with Gasteiger partial charge in [0.1, 0.15) is 0 Å². The standard InChI is InChI=1S/C11H7Cl2N3O/c12-8-3-5-14-6-7(8)11(17)16-10-9(13)2-1-4-15-10/h1-6H,(H,15,16,17). The molecule has 4 nitrogen and oxygen atoms in total. The molecular weight excluding hydrogens is 261 g/mol.